The predicted octanol–water partition coefficient (Wildman–Crippen LogP) is 1.46. The molecule has 142 valence electrons. The van der Waals surface area contributed by atoms with Crippen molar-refractivity contribution >= 4 is 17.8 Å². The zero-order chi connectivity index (χ0) is 19.1. The Morgan fingerprint density at radius 2 is 1.93 bits per heavy atom. The Kier molecular flexibility index (Phi) is 4.37. The number of benzene rings is 1. The van der Waals surface area contributed by atoms with Crippen LogP contribution in [0.1, 0.15) is 36.9 Å². The fourth-order valence-electron chi connectivity index (χ4n) is 3.69. The Morgan fingerprint density at radius 1 is 1.22 bits per heavy atom. The fraction of sp³-hybridized carbons (Fsp3) is 0.450. The summed E-state index contributed by atoms with van der Waals surface area (Å²) in [6.07, 6.45) is 2.01. The Labute approximate surface area is 158 Å². The van der Waals surface area contributed by atoms with Crippen LogP contribution in [-0.4, -0.2) is 53.3 Å². The van der Waals surface area contributed by atoms with Crippen LogP contribution in [0.3, 0.4) is 0 Å². The first-order chi connectivity index (χ1) is 13.0. The normalized spacial score (nSPS) is 22.1. The molecule has 0 radical (unpaired) electrons. The molecule has 1 unspecified atom stereocenters. The highest BCUT2D eigenvalue weighted by atomic mass is 16.2. The van der Waals surface area contributed by atoms with Crippen molar-refractivity contribution < 1.29 is 14.4 Å². The van der Waals surface area contributed by atoms with Crippen LogP contribution in [0.2, 0.25) is 0 Å². The lowest BCUT2D eigenvalue weighted by Crippen LogP contribution is -2.47. The molecular formula is C20H24N4O3. The second-order valence-electron chi connectivity index (χ2n) is 7.40. The number of nitrogens with one attached hydrogen (secondary N) is 2. The molecule has 1 fully saturated rings. The molecule has 7 nitrogen and oxygen atoms in total. The molecule has 1 atom stereocenters. The van der Waals surface area contributed by atoms with Gasteiger partial charge in [-0.3, -0.25) is 14.5 Å². The van der Waals surface area contributed by atoms with Gasteiger partial charge >= 0.3 is 6.03 Å². The lowest BCUT2D eigenvalue weighted by Gasteiger charge is -2.32. The Bertz CT molecular complexity index is 826. The molecule has 7 heteroatoms. The first kappa shape index (κ1) is 17.6. The van der Waals surface area contributed by atoms with Gasteiger partial charge in [0.2, 0.25) is 5.91 Å². The molecule has 2 aliphatic heterocycles. The maximum absolute atomic E-state index is 13.1. The second-order valence-corrected chi connectivity index (χ2v) is 7.40. The van der Waals surface area contributed by atoms with Gasteiger partial charge in [-0.2, -0.15) is 0 Å². The SMILES string of the molecule is CCN1C(=O)NC(c2ccc(C)cc2)C2=C1CN(CC(=O)NC1CC1)C2=O. The van der Waals surface area contributed by atoms with Crippen molar-refractivity contribution in [2.24, 2.45) is 0 Å². The van der Waals surface area contributed by atoms with E-state index in [0.29, 0.717) is 17.8 Å². The van der Waals surface area contributed by atoms with E-state index in [4.69, 9.17) is 0 Å². The molecule has 4 amide bonds. The highest BCUT2D eigenvalue weighted by Gasteiger charge is 2.44. The summed E-state index contributed by atoms with van der Waals surface area (Å²) in [5.74, 6) is -0.320. The van der Waals surface area contributed by atoms with Crippen LogP contribution in [0, 0.1) is 6.92 Å². The zero-order valence-electron chi connectivity index (χ0n) is 15.6. The van der Waals surface area contributed by atoms with Crippen molar-refractivity contribution in [3.63, 3.8) is 0 Å². The third-order valence-electron chi connectivity index (χ3n) is 5.30. The molecule has 1 aromatic rings. The summed E-state index contributed by atoms with van der Waals surface area (Å²) in [5, 5.41) is 5.87. The number of nitrogens with zero attached hydrogens (tertiary/aromatic N) is 2. The van der Waals surface area contributed by atoms with E-state index in [-0.39, 0.29) is 37.0 Å². The molecule has 1 aromatic carbocycles. The number of urea groups is 1. The van der Waals surface area contributed by atoms with Crippen LogP contribution in [0.4, 0.5) is 4.79 Å². The first-order valence-corrected chi connectivity index (χ1v) is 9.44. The second kappa shape index (κ2) is 6.72. The standard InChI is InChI=1S/C20H24N4O3/c1-3-24-15-10-23(11-16(25)21-14-8-9-14)19(26)17(15)18(22-20(24)27)13-6-4-12(2)5-7-13/h4-7,14,18H,3,8-11H2,1-2H3,(H,21,25)(H,22,27). The van der Waals surface area contributed by atoms with Crippen LogP contribution in [0.5, 0.6) is 0 Å². The molecule has 1 aliphatic carbocycles. The van der Waals surface area contributed by atoms with E-state index in [1.165, 1.54) is 4.90 Å². The van der Waals surface area contributed by atoms with Gasteiger partial charge in [0.1, 0.15) is 6.54 Å². The molecule has 2 N–H and O–H groups in total. The fourth-order valence-corrected chi connectivity index (χ4v) is 3.69. The summed E-state index contributed by atoms with van der Waals surface area (Å²) in [7, 11) is 0. The van der Waals surface area contributed by atoms with Crippen molar-refractivity contribution in [3.05, 3.63) is 46.7 Å². The van der Waals surface area contributed by atoms with E-state index < -0.39 is 6.04 Å². The summed E-state index contributed by atoms with van der Waals surface area (Å²) in [6.45, 7) is 4.66. The number of likely N-dealkylation sites (N-methyl/N-ethyl adjacent to an activating group) is 1. The maximum Gasteiger partial charge on any atom is 0.322 e. The summed E-state index contributed by atoms with van der Waals surface area (Å²) in [4.78, 5) is 41.0. The third kappa shape index (κ3) is 3.29. The topological polar surface area (TPSA) is 81.8 Å². The minimum atomic E-state index is -0.486. The first-order valence-electron chi connectivity index (χ1n) is 9.44. The van der Waals surface area contributed by atoms with E-state index in [1.807, 2.05) is 38.1 Å². The van der Waals surface area contributed by atoms with Gasteiger partial charge in [-0.1, -0.05) is 29.8 Å². The lowest BCUT2D eigenvalue weighted by molar-refractivity contribution is -0.132. The molecule has 0 aromatic heterocycles. The highest BCUT2D eigenvalue weighted by molar-refractivity contribution is 6.03. The molecule has 0 spiro atoms. The maximum atomic E-state index is 13.1. The number of hydrogen-bond acceptors (Lipinski definition) is 3. The number of carbonyl (C=O) groups is 3. The molecule has 4 rings (SSSR count). The van der Waals surface area contributed by atoms with E-state index in [2.05, 4.69) is 10.6 Å². The molecule has 2 heterocycles. The smallest absolute Gasteiger partial charge is 0.322 e. The Morgan fingerprint density at radius 3 is 2.56 bits per heavy atom. The van der Waals surface area contributed by atoms with E-state index in [1.54, 1.807) is 4.90 Å². The summed E-state index contributed by atoms with van der Waals surface area (Å²) in [5.41, 5.74) is 3.26. The molecular weight excluding hydrogens is 344 g/mol. The predicted molar refractivity (Wildman–Crippen MR) is 99.6 cm³/mol. The summed E-state index contributed by atoms with van der Waals surface area (Å²) < 4.78 is 0. The largest absolute Gasteiger partial charge is 0.352 e. The van der Waals surface area contributed by atoms with E-state index in [9.17, 15) is 14.4 Å². The third-order valence-corrected chi connectivity index (χ3v) is 5.30. The van der Waals surface area contributed by atoms with Gasteiger partial charge in [0, 0.05) is 12.6 Å². The lowest BCUT2D eigenvalue weighted by atomic mass is 9.95. The van der Waals surface area contributed by atoms with Gasteiger partial charge in [0.05, 0.1) is 23.9 Å². The number of carbonyl (C=O) groups excluding carboxylic acids is 3. The van der Waals surface area contributed by atoms with Gasteiger partial charge < -0.3 is 15.5 Å². The van der Waals surface area contributed by atoms with E-state index >= 15 is 0 Å². The van der Waals surface area contributed by atoms with Gasteiger partial charge in [-0.05, 0) is 32.3 Å². The Hall–Kier alpha value is -2.83. The summed E-state index contributed by atoms with van der Waals surface area (Å²) in [6, 6.07) is 7.36. The van der Waals surface area contributed by atoms with Crippen molar-refractivity contribution in [2.75, 3.05) is 19.6 Å². The average Bonchev–Trinajstić information content (AvgIpc) is 3.39. The monoisotopic (exact) mass is 368 g/mol. The minimum Gasteiger partial charge on any atom is -0.352 e. The Balaban J connectivity index is 1.62. The number of rotatable bonds is 5. The van der Waals surface area contributed by atoms with Crippen molar-refractivity contribution in [1.82, 2.24) is 20.4 Å². The van der Waals surface area contributed by atoms with Crippen LogP contribution in [0.25, 0.3) is 0 Å². The van der Waals surface area contributed by atoms with Gasteiger partial charge in [0.25, 0.3) is 5.91 Å². The van der Waals surface area contributed by atoms with E-state index in [0.717, 1.165) is 24.0 Å². The van der Waals surface area contributed by atoms with Crippen molar-refractivity contribution in [1.29, 1.82) is 0 Å². The highest BCUT2D eigenvalue weighted by Crippen LogP contribution is 2.36. The number of aryl methyl sites for hydroxylation is 1. The minimum absolute atomic E-state index is 0.0225. The van der Waals surface area contributed by atoms with Crippen molar-refractivity contribution in [3.8, 4) is 0 Å². The number of hydrogen-bond donors (Lipinski definition) is 2. The van der Waals surface area contributed by atoms with Crippen LogP contribution in [0.15, 0.2) is 35.5 Å². The number of amides is 4. The van der Waals surface area contributed by atoms with Crippen LogP contribution in [-0.2, 0) is 9.59 Å². The van der Waals surface area contributed by atoms with Crippen LogP contribution < -0.4 is 10.6 Å². The van der Waals surface area contributed by atoms with Gasteiger partial charge in [-0.25, -0.2) is 4.79 Å². The molecule has 0 bridgehead atoms. The van der Waals surface area contributed by atoms with Gasteiger partial charge in [-0.15, -0.1) is 0 Å². The van der Waals surface area contributed by atoms with Gasteiger partial charge in [0.15, 0.2) is 0 Å². The van der Waals surface area contributed by atoms with Crippen molar-refractivity contribution in [2.45, 2.75) is 38.8 Å². The molecule has 27 heavy (non-hydrogen) atoms. The van der Waals surface area contributed by atoms with Crippen LogP contribution >= 0.6 is 0 Å². The summed E-state index contributed by atoms with van der Waals surface area (Å²) >= 11 is 0. The molecule has 3 aliphatic rings. The quantitative estimate of drug-likeness (QED) is 0.825. The average molecular weight is 368 g/mol. The molecule has 0 saturated heterocycles. The molecule has 1 saturated carbocycles. The zero-order valence-corrected chi connectivity index (χ0v) is 15.6.